The van der Waals surface area contributed by atoms with Gasteiger partial charge in [0.15, 0.2) is 5.69 Å². The number of hydrogen-bond donors (Lipinski definition) is 2. The fourth-order valence-corrected chi connectivity index (χ4v) is 2.19. The van der Waals surface area contributed by atoms with Gasteiger partial charge in [0.1, 0.15) is 0 Å². The minimum Gasteiger partial charge on any atom is -0.377 e. The van der Waals surface area contributed by atoms with E-state index < -0.39 is 5.91 Å². The number of aromatic nitrogens is 2. The van der Waals surface area contributed by atoms with Crippen molar-refractivity contribution < 1.29 is 9.53 Å². The highest BCUT2D eigenvalue weighted by molar-refractivity contribution is 6.04. The number of amides is 1. The third-order valence-corrected chi connectivity index (χ3v) is 3.13. The van der Waals surface area contributed by atoms with Crippen LogP contribution in [0.3, 0.4) is 0 Å². The summed E-state index contributed by atoms with van der Waals surface area (Å²) in [6.07, 6.45) is 2.95. The maximum absolute atomic E-state index is 11.3. The van der Waals surface area contributed by atoms with Crippen LogP contribution in [0.1, 0.15) is 22.5 Å². The standard InChI is InChI=1S/C13H13N3O2/c14-13(17)12-10-7-9(1-2-11(10)15-16-12)8-3-5-18-6-4-8/h1-3,7H,4-6H2,(H2,14,17)(H,15,16). The van der Waals surface area contributed by atoms with Crippen molar-refractivity contribution in [2.75, 3.05) is 13.2 Å². The maximum atomic E-state index is 11.3. The van der Waals surface area contributed by atoms with Crippen LogP contribution in [0.25, 0.3) is 16.5 Å². The average Bonchev–Trinajstić information content (AvgIpc) is 2.82. The smallest absolute Gasteiger partial charge is 0.269 e. The zero-order valence-electron chi connectivity index (χ0n) is 9.77. The Morgan fingerprint density at radius 3 is 3.06 bits per heavy atom. The lowest BCUT2D eigenvalue weighted by Crippen LogP contribution is -2.11. The topological polar surface area (TPSA) is 81.0 Å². The first kappa shape index (κ1) is 11.0. The highest BCUT2D eigenvalue weighted by Gasteiger charge is 2.13. The fourth-order valence-electron chi connectivity index (χ4n) is 2.19. The normalized spacial score (nSPS) is 15.7. The van der Waals surface area contributed by atoms with Crippen LogP contribution in [0.15, 0.2) is 24.3 Å². The lowest BCUT2D eigenvalue weighted by Gasteiger charge is -2.13. The first-order valence-corrected chi connectivity index (χ1v) is 5.81. The molecular formula is C13H13N3O2. The molecule has 0 radical (unpaired) electrons. The number of primary amides is 1. The quantitative estimate of drug-likeness (QED) is 0.838. The zero-order valence-corrected chi connectivity index (χ0v) is 9.77. The molecule has 0 bridgehead atoms. The molecule has 0 saturated carbocycles. The first-order valence-electron chi connectivity index (χ1n) is 5.81. The number of H-pyrrole nitrogens is 1. The molecule has 1 aliphatic rings. The first-order chi connectivity index (χ1) is 8.75. The Balaban J connectivity index is 2.11. The van der Waals surface area contributed by atoms with E-state index in [1.54, 1.807) is 0 Å². The van der Waals surface area contributed by atoms with Gasteiger partial charge < -0.3 is 10.5 Å². The van der Waals surface area contributed by atoms with E-state index in [0.29, 0.717) is 12.3 Å². The van der Waals surface area contributed by atoms with E-state index in [1.807, 2.05) is 18.2 Å². The van der Waals surface area contributed by atoms with Crippen LogP contribution in [-0.2, 0) is 4.74 Å². The number of nitrogens with zero attached hydrogens (tertiary/aromatic N) is 1. The Kier molecular flexibility index (Phi) is 2.60. The molecule has 3 rings (SSSR count). The Morgan fingerprint density at radius 2 is 2.33 bits per heavy atom. The van der Waals surface area contributed by atoms with E-state index in [4.69, 9.17) is 10.5 Å². The van der Waals surface area contributed by atoms with Crippen molar-refractivity contribution in [3.63, 3.8) is 0 Å². The number of carbonyl (C=O) groups is 1. The molecule has 1 aliphatic heterocycles. The number of rotatable bonds is 2. The van der Waals surface area contributed by atoms with E-state index in [1.165, 1.54) is 5.57 Å². The SMILES string of the molecule is NC(=O)c1n[nH]c2ccc(C3=CCOCC3)cc12. The van der Waals surface area contributed by atoms with Crippen LogP contribution in [0.5, 0.6) is 0 Å². The second kappa shape index (κ2) is 4.27. The van der Waals surface area contributed by atoms with Crippen LogP contribution >= 0.6 is 0 Å². The Hall–Kier alpha value is -2.14. The predicted molar refractivity (Wildman–Crippen MR) is 68.0 cm³/mol. The van der Waals surface area contributed by atoms with E-state index >= 15 is 0 Å². The van der Waals surface area contributed by atoms with Gasteiger partial charge in [-0.25, -0.2) is 0 Å². The molecular weight excluding hydrogens is 230 g/mol. The maximum Gasteiger partial charge on any atom is 0.269 e. The Morgan fingerprint density at radius 1 is 1.44 bits per heavy atom. The molecule has 92 valence electrons. The second-order valence-electron chi connectivity index (χ2n) is 4.25. The lowest BCUT2D eigenvalue weighted by molar-refractivity contribution is 0.0997. The number of nitrogens with one attached hydrogen (secondary N) is 1. The summed E-state index contributed by atoms with van der Waals surface area (Å²) in [5.74, 6) is -0.514. The van der Waals surface area contributed by atoms with Crippen LogP contribution in [0.2, 0.25) is 0 Å². The van der Waals surface area contributed by atoms with Gasteiger partial charge in [0.05, 0.1) is 18.7 Å². The van der Waals surface area contributed by atoms with Crippen LogP contribution < -0.4 is 5.73 Å². The molecule has 18 heavy (non-hydrogen) atoms. The van der Waals surface area contributed by atoms with Crippen molar-refractivity contribution in [2.45, 2.75) is 6.42 Å². The van der Waals surface area contributed by atoms with Crippen molar-refractivity contribution in [3.05, 3.63) is 35.5 Å². The highest BCUT2D eigenvalue weighted by atomic mass is 16.5. The molecule has 0 saturated heterocycles. The summed E-state index contributed by atoms with van der Waals surface area (Å²) in [7, 11) is 0. The van der Waals surface area contributed by atoms with Gasteiger partial charge in [-0.2, -0.15) is 5.10 Å². The summed E-state index contributed by atoms with van der Waals surface area (Å²) in [5, 5.41) is 7.51. The molecule has 5 nitrogen and oxygen atoms in total. The van der Waals surface area contributed by atoms with Gasteiger partial charge in [-0.1, -0.05) is 12.1 Å². The summed E-state index contributed by atoms with van der Waals surface area (Å²) >= 11 is 0. The van der Waals surface area contributed by atoms with Gasteiger partial charge >= 0.3 is 0 Å². The summed E-state index contributed by atoms with van der Waals surface area (Å²) in [6.45, 7) is 1.37. The van der Waals surface area contributed by atoms with Crippen LogP contribution in [-0.4, -0.2) is 29.3 Å². The predicted octanol–water partition coefficient (Wildman–Crippen LogP) is 1.47. The summed E-state index contributed by atoms with van der Waals surface area (Å²) in [5.41, 5.74) is 8.74. The number of carbonyl (C=O) groups excluding carboxylic acids is 1. The molecule has 0 aliphatic carbocycles. The van der Waals surface area contributed by atoms with Gasteiger partial charge in [0, 0.05) is 5.39 Å². The molecule has 2 aromatic rings. The Bertz CT molecular complexity index is 643. The number of fused-ring (bicyclic) bond motifs is 1. The summed E-state index contributed by atoms with van der Waals surface area (Å²) < 4.78 is 5.29. The van der Waals surface area contributed by atoms with Crippen LogP contribution in [0.4, 0.5) is 0 Å². The van der Waals surface area contributed by atoms with E-state index in [-0.39, 0.29) is 0 Å². The van der Waals surface area contributed by atoms with Crippen molar-refractivity contribution in [1.29, 1.82) is 0 Å². The highest BCUT2D eigenvalue weighted by Crippen LogP contribution is 2.25. The molecule has 5 heteroatoms. The monoisotopic (exact) mass is 243 g/mol. The van der Waals surface area contributed by atoms with Gasteiger partial charge in [-0.15, -0.1) is 0 Å². The third-order valence-electron chi connectivity index (χ3n) is 3.13. The Labute approximate surface area is 104 Å². The van der Waals surface area contributed by atoms with Crippen molar-refractivity contribution in [2.24, 2.45) is 5.73 Å². The van der Waals surface area contributed by atoms with Gasteiger partial charge in [0.2, 0.25) is 0 Å². The van der Waals surface area contributed by atoms with Crippen molar-refractivity contribution >= 4 is 22.4 Å². The van der Waals surface area contributed by atoms with Gasteiger partial charge in [0.25, 0.3) is 5.91 Å². The van der Waals surface area contributed by atoms with Gasteiger partial charge in [-0.3, -0.25) is 9.89 Å². The lowest BCUT2D eigenvalue weighted by atomic mass is 9.99. The molecule has 0 fully saturated rings. The van der Waals surface area contributed by atoms with Crippen molar-refractivity contribution in [1.82, 2.24) is 10.2 Å². The molecule has 1 aromatic heterocycles. The van der Waals surface area contributed by atoms with Gasteiger partial charge in [-0.05, 0) is 29.7 Å². The number of ether oxygens (including phenoxy) is 1. The molecule has 0 unspecified atom stereocenters. The average molecular weight is 243 g/mol. The van der Waals surface area contributed by atoms with E-state index in [2.05, 4.69) is 16.3 Å². The number of benzene rings is 1. The summed E-state index contributed by atoms with van der Waals surface area (Å²) in [4.78, 5) is 11.3. The number of nitrogens with two attached hydrogens (primary N) is 1. The van der Waals surface area contributed by atoms with E-state index in [0.717, 1.165) is 29.5 Å². The minimum atomic E-state index is -0.514. The molecule has 1 amide bonds. The number of aromatic amines is 1. The molecule has 0 atom stereocenters. The fraction of sp³-hybridized carbons (Fsp3) is 0.231. The summed E-state index contributed by atoms with van der Waals surface area (Å²) in [6, 6.07) is 5.89. The molecule has 0 spiro atoms. The molecule has 3 N–H and O–H groups in total. The van der Waals surface area contributed by atoms with Crippen molar-refractivity contribution in [3.8, 4) is 0 Å². The largest absolute Gasteiger partial charge is 0.377 e. The van der Waals surface area contributed by atoms with E-state index in [9.17, 15) is 4.79 Å². The molecule has 2 heterocycles. The van der Waals surface area contributed by atoms with Crippen LogP contribution in [0, 0.1) is 0 Å². The number of hydrogen-bond acceptors (Lipinski definition) is 3. The zero-order chi connectivity index (χ0) is 12.5. The molecule has 1 aromatic carbocycles. The second-order valence-corrected chi connectivity index (χ2v) is 4.25. The minimum absolute atomic E-state index is 0.291. The third kappa shape index (κ3) is 1.78.